The number of nitrogens with zero attached hydrogens (tertiary/aromatic N) is 2. The van der Waals surface area contributed by atoms with Crippen molar-refractivity contribution in [1.29, 1.82) is 0 Å². The minimum atomic E-state index is -2.25. The Hall–Kier alpha value is -2.33. The Labute approximate surface area is 148 Å². The van der Waals surface area contributed by atoms with Crippen LogP contribution >= 0.6 is 0 Å². The molecule has 140 valence electrons. The maximum Gasteiger partial charge on any atom is 0.351 e. The molecule has 0 unspecified atom stereocenters. The van der Waals surface area contributed by atoms with Crippen LogP contribution in [0.3, 0.4) is 0 Å². The van der Waals surface area contributed by atoms with Gasteiger partial charge in [-0.2, -0.15) is 4.98 Å². The van der Waals surface area contributed by atoms with E-state index in [9.17, 15) is 14.3 Å². The summed E-state index contributed by atoms with van der Waals surface area (Å²) < 4.78 is 21.0. The first-order valence-corrected chi connectivity index (χ1v) is 8.07. The monoisotopic (exact) mass is 365 g/mol. The lowest BCUT2D eigenvalue weighted by Crippen LogP contribution is -2.42. The van der Waals surface area contributed by atoms with Gasteiger partial charge in [-0.3, -0.25) is 9.40 Å². The maximum atomic E-state index is 14.7. The van der Waals surface area contributed by atoms with Crippen molar-refractivity contribution >= 4 is 5.82 Å². The van der Waals surface area contributed by atoms with Gasteiger partial charge < -0.3 is 14.9 Å². The van der Waals surface area contributed by atoms with Crippen LogP contribution in [0.1, 0.15) is 18.7 Å². The molecular formula is C17H20FN3O5. The molecule has 0 aliphatic carbocycles. The lowest BCUT2D eigenvalue weighted by molar-refractivity contribution is -0.0610. The minimum absolute atomic E-state index is 0.153. The summed E-state index contributed by atoms with van der Waals surface area (Å²) in [5.41, 5.74) is 0.456. The van der Waals surface area contributed by atoms with Gasteiger partial charge in [-0.15, -0.1) is 0 Å². The molecule has 2 heterocycles. The standard InChI is InChI=1S/C17H20FN3O5/c1-17(18)14(23)12(9-22)26-15(17)21-8-7-13(19-16(21)24)20-25-10-11-5-3-2-4-6-11/h2-8,12,14-15,22-23H,9-10H2,1H3,(H,19,20,24)/t12-,14-,15-,17-/m1/s1. The highest BCUT2D eigenvalue weighted by atomic mass is 19.1. The van der Waals surface area contributed by atoms with E-state index < -0.39 is 36.4 Å². The van der Waals surface area contributed by atoms with E-state index in [1.165, 1.54) is 12.3 Å². The largest absolute Gasteiger partial charge is 0.394 e. The zero-order chi connectivity index (χ0) is 18.7. The Morgan fingerprint density at radius 3 is 2.73 bits per heavy atom. The Kier molecular flexibility index (Phi) is 5.33. The first-order chi connectivity index (χ1) is 12.4. The molecule has 0 amide bonds. The van der Waals surface area contributed by atoms with E-state index in [2.05, 4.69) is 10.5 Å². The Morgan fingerprint density at radius 1 is 1.38 bits per heavy atom. The van der Waals surface area contributed by atoms with Crippen LogP contribution in [0.25, 0.3) is 0 Å². The summed E-state index contributed by atoms with van der Waals surface area (Å²) in [6.07, 6.45) is -2.78. The highest BCUT2D eigenvalue weighted by molar-refractivity contribution is 5.29. The fourth-order valence-corrected chi connectivity index (χ4v) is 2.78. The van der Waals surface area contributed by atoms with Gasteiger partial charge in [0.2, 0.25) is 0 Å². The normalized spacial score (nSPS) is 28.2. The van der Waals surface area contributed by atoms with Gasteiger partial charge in [-0.25, -0.2) is 14.7 Å². The van der Waals surface area contributed by atoms with Crippen LogP contribution in [0.4, 0.5) is 10.2 Å². The molecule has 1 aromatic carbocycles. The molecule has 8 nitrogen and oxygen atoms in total. The molecule has 3 N–H and O–H groups in total. The van der Waals surface area contributed by atoms with E-state index in [1.54, 1.807) is 0 Å². The van der Waals surface area contributed by atoms with Gasteiger partial charge in [0.1, 0.15) is 12.2 Å². The number of hydrogen-bond acceptors (Lipinski definition) is 7. The highest BCUT2D eigenvalue weighted by Gasteiger charge is 2.55. The van der Waals surface area contributed by atoms with E-state index in [1.807, 2.05) is 30.3 Å². The number of alkyl halides is 1. The van der Waals surface area contributed by atoms with Crippen LogP contribution in [-0.4, -0.2) is 44.2 Å². The molecule has 1 saturated heterocycles. The lowest BCUT2D eigenvalue weighted by atomic mass is 9.98. The zero-order valence-corrected chi connectivity index (χ0v) is 14.1. The number of ether oxygens (including phenoxy) is 1. The summed E-state index contributed by atoms with van der Waals surface area (Å²) in [7, 11) is 0. The van der Waals surface area contributed by atoms with Gasteiger partial charge in [0.15, 0.2) is 17.7 Å². The van der Waals surface area contributed by atoms with Crippen molar-refractivity contribution in [3.8, 4) is 0 Å². The van der Waals surface area contributed by atoms with Crippen LogP contribution < -0.4 is 11.2 Å². The lowest BCUT2D eigenvalue weighted by Gasteiger charge is -2.24. The van der Waals surface area contributed by atoms with Crippen molar-refractivity contribution in [3.05, 3.63) is 58.6 Å². The van der Waals surface area contributed by atoms with Crippen molar-refractivity contribution in [1.82, 2.24) is 9.55 Å². The van der Waals surface area contributed by atoms with E-state index >= 15 is 0 Å². The van der Waals surface area contributed by atoms with E-state index in [0.717, 1.165) is 17.1 Å². The average molecular weight is 365 g/mol. The third kappa shape index (κ3) is 3.61. The quantitative estimate of drug-likeness (QED) is 0.649. The summed E-state index contributed by atoms with van der Waals surface area (Å²) in [4.78, 5) is 21.3. The second kappa shape index (κ2) is 7.50. The number of aliphatic hydroxyl groups excluding tert-OH is 2. The van der Waals surface area contributed by atoms with Crippen LogP contribution in [0, 0.1) is 0 Å². The molecular weight excluding hydrogens is 345 g/mol. The van der Waals surface area contributed by atoms with Crippen molar-refractivity contribution in [2.45, 2.75) is 37.6 Å². The predicted molar refractivity (Wildman–Crippen MR) is 89.9 cm³/mol. The number of anilines is 1. The first kappa shape index (κ1) is 18.5. The van der Waals surface area contributed by atoms with E-state index in [4.69, 9.17) is 14.7 Å². The van der Waals surface area contributed by atoms with Crippen LogP contribution in [0.15, 0.2) is 47.4 Å². The summed E-state index contributed by atoms with van der Waals surface area (Å²) in [6.45, 7) is 0.816. The third-order valence-electron chi connectivity index (χ3n) is 4.24. The molecule has 1 fully saturated rings. The molecule has 1 aliphatic heterocycles. The number of benzene rings is 1. The molecule has 9 heteroatoms. The van der Waals surface area contributed by atoms with Crippen LogP contribution in [0.5, 0.6) is 0 Å². The molecule has 0 spiro atoms. The number of hydrogen-bond donors (Lipinski definition) is 3. The van der Waals surface area contributed by atoms with Gasteiger partial charge in [0.05, 0.1) is 13.2 Å². The topological polar surface area (TPSA) is 106 Å². The molecule has 1 aliphatic rings. The van der Waals surface area contributed by atoms with Crippen LogP contribution in [-0.2, 0) is 16.2 Å². The molecule has 26 heavy (non-hydrogen) atoms. The van der Waals surface area contributed by atoms with E-state index in [-0.39, 0.29) is 12.4 Å². The highest BCUT2D eigenvalue weighted by Crippen LogP contribution is 2.40. The summed E-state index contributed by atoms with van der Waals surface area (Å²) in [5.74, 6) is 0.153. The fourth-order valence-electron chi connectivity index (χ4n) is 2.78. The predicted octanol–water partition coefficient (Wildman–Crippen LogP) is 0.766. The molecule has 3 rings (SSSR count). The Balaban J connectivity index is 1.69. The number of nitrogens with one attached hydrogen (secondary N) is 1. The van der Waals surface area contributed by atoms with Crippen molar-refractivity contribution in [2.75, 3.05) is 12.1 Å². The van der Waals surface area contributed by atoms with Gasteiger partial charge in [-0.05, 0) is 18.6 Å². The minimum Gasteiger partial charge on any atom is -0.394 e. The van der Waals surface area contributed by atoms with E-state index in [0.29, 0.717) is 0 Å². The van der Waals surface area contributed by atoms with Gasteiger partial charge >= 0.3 is 5.69 Å². The fraction of sp³-hybridized carbons (Fsp3) is 0.412. The molecule has 0 radical (unpaired) electrons. The SMILES string of the molecule is C[C@@]1(F)[C@H](O)[C@@H](CO)O[C@H]1n1ccc(NOCc2ccccc2)nc1=O. The summed E-state index contributed by atoms with van der Waals surface area (Å²) in [6, 6.07) is 10.8. The third-order valence-corrected chi connectivity index (χ3v) is 4.24. The van der Waals surface area contributed by atoms with Gasteiger partial charge in [0.25, 0.3) is 0 Å². The second-order valence-corrected chi connectivity index (χ2v) is 6.18. The van der Waals surface area contributed by atoms with Crippen molar-refractivity contribution in [2.24, 2.45) is 0 Å². The Bertz CT molecular complexity index is 798. The number of halogens is 1. The maximum absolute atomic E-state index is 14.7. The zero-order valence-electron chi connectivity index (χ0n) is 14.1. The van der Waals surface area contributed by atoms with Gasteiger partial charge in [0, 0.05) is 6.20 Å². The van der Waals surface area contributed by atoms with Crippen molar-refractivity contribution < 1.29 is 24.2 Å². The molecule has 0 bridgehead atoms. The average Bonchev–Trinajstić information content (AvgIpc) is 2.86. The molecule has 4 atom stereocenters. The number of aliphatic hydroxyl groups is 2. The first-order valence-electron chi connectivity index (χ1n) is 8.07. The van der Waals surface area contributed by atoms with Crippen LogP contribution in [0.2, 0.25) is 0 Å². The molecule has 2 aromatic rings. The smallest absolute Gasteiger partial charge is 0.351 e. The number of rotatable bonds is 6. The molecule has 1 aromatic heterocycles. The summed E-state index contributed by atoms with van der Waals surface area (Å²) in [5, 5.41) is 19.0. The second-order valence-electron chi connectivity index (χ2n) is 6.18. The van der Waals surface area contributed by atoms with Crippen molar-refractivity contribution in [3.63, 3.8) is 0 Å². The summed E-state index contributed by atoms with van der Waals surface area (Å²) >= 11 is 0. The molecule has 0 saturated carbocycles. The number of aromatic nitrogens is 2. The van der Waals surface area contributed by atoms with Gasteiger partial charge in [-0.1, -0.05) is 30.3 Å². The Morgan fingerprint density at radius 2 is 2.12 bits per heavy atom.